The molecule has 0 spiro atoms. The van der Waals surface area contributed by atoms with Gasteiger partial charge in [0.05, 0.1) is 36.1 Å². The molecule has 10 rings (SSSR count). The maximum atomic E-state index is 13.7. The van der Waals surface area contributed by atoms with Gasteiger partial charge in [-0.05, 0) is 117 Å². The van der Waals surface area contributed by atoms with Crippen LogP contribution in [0.2, 0.25) is 45.2 Å². The van der Waals surface area contributed by atoms with Crippen molar-refractivity contribution in [2.24, 2.45) is 0 Å². The Hall–Kier alpha value is -6.71. The molecule has 2 aliphatic carbocycles. The molecule has 0 aliphatic heterocycles. The molecule has 0 radical (unpaired) electrons. The smallest absolute Gasteiger partial charge is 0.286 e. The molecular weight excluding hydrogens is 1210 g/mol. The Morgan fingerprint density at radius 3 is 0.963 bits per heavy atom. The van der Waals surface area contributed by atoms with Crippen LogP contribution in [0.15, 0.2) is 206 Å². The lowest BCUT2D eigenvalue weighted by molar-refractivity contribution is -0.548. The van der Waals surface area contributed by atoms with Gasteiger partial charge in [-0.1, -0.05) is 201 Å². The number of hydrogen-bond acceptors (Lipinski definition) is 8. The third kappa shape index (κ3) is 11.7. The summed E-state index contributed by atoms with van der Waals surface area (Å²) in [7, 11) is 0. The Morgan fingerprint density at radius 2 is 0.675 bits per heavy atom. The van der Waals surface area contributed by atoms with Gasteiger partial charge in [0.15, 0.2) is 5.75 Å². The molecule has 0 fully saturated rings. The van der Waals surface area contributed by atoms with Gasteiger partial charge in [0.2, 0.25) is 0 Å². The number of rotatable bonds is 13. The van der Waals surface area contributed by atoms with Crippen LogP contribution in [-0.2, 0) is 15.8 Å². The molecule has 0 heterocycles. The first-order valence-corrected chi connectivity index (χ1v) is 27.2. The van der Waals surface area contributed by atoms with E-state index in [1.54, 1.807) is 146 Å². The predicted molar refractivity (Wildman–Crippen MR) is 321 cm³/mol. The van der Waals surface area contributed by atoms with Gasteiger partial charge in [-0.2, -0.15) is 0 Å². The van der Waals surface area contributed by atoms with E-state index in [4.69, 9.17) is 114 Å². The summed E-state index contributed by atoms with van der Waals surface area (Å²) in [5.74, 6) is 0.637. The van der Waals surface area contributed by atoms with E-state index < -0.39 is 38.1 Å². The Balaban J connectivity index is 0.000000344. The van der Waals surface area contributed by atoms with Gasteiger partial charge in [-0.3, -0.25) is 30.3 Å². The van der Waals surface area contributed by atoms with Crippen LogP contribution in [0.5, 0.6) is 11.5 Å². The lowest BCUT2D eigenvalue weighted by Crippen LogP contribution is -2.41. The number of nitrogens with zero attached hydrogens (tertiary/aromatic N) is 3. The first kappa shape index (κ1) is 58.0. The molecule has 402 valence electrons. The summed E-state index contributed by atoms with van der Waals surface area (Å²) in [6, 6.07) is 49.3. The number of nitro benzene ring substituents is 1. The second kappa shape index (κ2) is 24.6. The maximum absolute atomic E-state index is 13.7. The number of hydrogen-bond donors (Lipinski definition) is 0. The largest absolute Gasteiger partial charge is 0.454 e. The first-order chi connectivity index (χ1) is 38.3. The summed E-state index contributed by atoms with van der Waals surface area (Å²) < 4.78 is 13.0. The number of nitro groups is 3. The van der Waals surface area contributed by atoms with Crippen molar-refractivity contribution in [2.75, 3.05) is 0 Å². The standard InChI is InChI=1S/C48H30Cl6N2O5.C12H6Cl3NO3/c49-39-19-7-1-13-29(39)33-25-47(55(57)58,37-17-5-11-23-43(37)53)26-34(30-14-2-8-20-40(30)50)45(33)61-46-35(31-15-3-9-21-41(31)51)27-48(56(59)60,38-18-6-12-24-44(38)54)28-36(46)32-16-4-10-22-42(32)52;13-7-5-10(14)12(11(15)6-7)19-9-3-1-8(2-4-9)16(17)18/h1-28,45-46H;1-6H. The van der Waals surface area contributed by atoms with E-state index in [1.807, 2.05) is 0 Å². The van der Waals surface area contributed by atoms with Gasteiger partial charge in [-0.25, -0.2) is 0 Å². The monoisotopic (exact) mass is 1240 g/mol. The highest BCUT2D eigenvalue weighted by Gasteiger charge is 2.52. The lowest BCUT2D eigenvalue weighted by atomic mass is 9.74. The molecule has 0 atom stereocenters. The van der Waals surface area contributed by atoms with Gasteiger partial charge in [0.25, 0.3) is 16.8 Å². The molecule has 0 unspecified atom stereocenters. The SMILES string of the molecule is O=[N+]([O-])C1(c2ccccc2Cl)C=C(c2ccccc2Cl)C(OC2C(c3ccccc3Cl)=CC(c3ccccc3Cl)([N+](=O)[O-])C=C2c2ccccc2Cl)C(c2ccccc2Cl)=C1.O=[N+]([O-])c1ccc(Oc2c(Cl)cc(Cl)cc2Cl)cc1. The van der Waals surface area contributed by atoms with Crippen molar-refractivity contribution < 1.29 is 24.2 Å². The van der Waals surface area contributed by atoms with Crippen molar-refractivity contribution in [1.29, 1.82) is 0 Å². The molecule has 8 aromatic carbocycles. The molecule has 0 amide bonds. The molecule has 0 aromatic heterocycles. The minimum Gasteiger partial charge on any atom is -0.454 e. The fourth-order valence-electron chi connectivity index (χ4n) is 9.43. The van der Waals surface area contributed by atoms with Crippen molar-refractivity contribution in [1.82, 2.24) is 0 Å². The molecule has 0 bridgehead atoms. The molecule has 80 heavy (non-hydrogen) atoms. The van der Waals surface area contributed by atoms with Crippen molar-refractivity contribution in [3.05, 3.63) is 315 Å². The molecule has 20 heteroatoms. The number of halogens is 9. The van der Waals surface area contributed by atoms with Crippen molar-refractivity contribution in [3.63, 3.8) is 0 Å². The molecule has 0 N–H and O–H groups in total. The Morgan fingerprint density at radius 1 is 0.375 bits per heavy atom. The Kier molecular flexibility index (Phi) is 17.8. The number of benzene rings is 8. The van der Waals surface area contributed by atoms with E-state index in [9.17, 15) is 30.3 Å². The Labute approximate surface area is 502 Å². The van der Waals surface area contributed by atoms with Crippen LogP contribution in [0, 0.1) is 30.3 Å². The number of non-ortho nitro benzene ring substituents is 1. The van der Waals surface area contributed by atoms with Crippen LogP contribution in [0.4, 0.5) is 5.69 Å². The summed E-state index contributed by atoms with van der Waals surface area (Å²) in [4.78, 5) is 36.6. The minimum absolute atomic E-state index is 0.0272. The fourth-order valence-corrected chi connectivity index (χ4v) is 11.9. The third-order valence-electron chi connectivity index (χ3n) is 13.1. The molecule has 11 nitrogen and oxygen atoms in total. The highest BCUT2D eigenvalue weighted by Crippen LogP contribution is 2.53. The van der Waals surface area contributed by atoms with E-state index in [0.29, 0.717) is 55.3 Å². The van der Waals surface area contributed by atoms with Gasteiger partial charge < -0.3 is 9.47 Å². The average molecular weight is 1250 g/mol. The van der Waals surface area contributed by atoms with Crippen LogP contribution in [0.3, 0.4) is 0 Å². The highest BCUT2D eigenvalue weighted by atomic mass is 35.5. The van der Waals surface area contributed by atoms with Crippen LogP contribution < -0.4 is 4.74 Å². The third-order valence-corrected chi connectivity index (χ3v) is 15.8. The van der Waals surface area contributed by atoms with Crippen LogP contribution >= 0.6 is 104 Å². The van der Waals surface area contributed by atoms with E-state index in [-0.39, 0.29) is 62.7 Å². The Bertz CT molecular complexity index is 3540. The van der Waals surface area contributed by atoms with Gasteiger partial charge in [0, 0.05) is 71.4 Å². The average Bonchev–Trinajstić information content (AvgIpc) is 3.59. The maximum Gasteiger partial charge on any atom is 0.286 e. The summed E-state index contributed by atoms with van der Waals surface area (Å²) >= 11 is 59.3. The van der Waals surface area contributed by atoms with E-state index in [2.05, 4.69) is 0 Å². The summed E-state index contributed by atoms with van der Waals surface area (Å²) in [6.45, 7) is 0. The van der Waals surface area contributed by atoms with Crippen LogP contribution in [0.1, 0.15) is 33.4 Å². The topological polar surface area (TPSA) is 148 Å². The normalized spacial score (nSPS) is 18.6. The fraction of sp³-hybridized carbons (Fsp3) is 0.0667. The molecule has 0 saturated carbocycles. The van der Waals surface area contributed by atoms with E-state index >= 15 is 0 Å². The zero-order valence-electron chi connectivity index (χ0n) is 40.8. The molecule has 8 aromatic rings. The first-order valence-electron chi connectivity index (χ1n) is 23.8. The number of ether oxygens (including phenoxy) is 2. The van der Waals surface area contributed by atoms with E-state index in [1.165, 1.54) is 60.7 Å². The summed E-state index contributed by atoms with van der Waals surface area (Å²) in [5.41, 5.74) is -0.904. The highest BCUT2D eigenvalue weighted by molar-refractivity contribution is 6.40. The predicted octanol–water partition coefficient (Wildman–Crippen LogP) is 19.7. The van der Waals surface area contributed by atoms with Gasteiger partial charge in [-0.15, -0.1) is 0 Å². The second-order valence-corrected chi connectivity index (χ2v) is 21.6. The van der Waals surface area contributed by atoms with Gasteiger partial charge >= 0.3 is 0 Å². The van der Waals surface area contributed by atoms with Crippen LogP contribution in [-0.4, -0.2) is 27.0 Å². The zero-order valence-corrected chi connectivity index (χ0v) is 47.6. The second-order valence-electron chi connectivity index (χ2n) is 17.9. The van der Waals surface area contributed by atoms with E-state index in [0.717, 1.165) is 0 Å². The summed E-state index contributed by atoms with van der Waals surface area (Å²) in [6.07, 6.45) is 3.58. The van der Waals surface area contributed by atoms with Crippen molar-refractivity contribution >= 4 is 132 Å². The quantitative estimate of drug-likeness (QED) is 0.0818. The minimum atomic E-state index is -2.07. The van der Waals surface area contributed by atoms with Gasteiger partial charge in [0.1, 0.15) is 18.0 Å². The van der Waals surface area contributed by atoms with Crippen molar-refractivity contribution in [3.8, 4) is 11.5 Å². The molecule has 2 aliphatic rings. The molecular formula is C60H36Cl9N3O8. The molecule has 0 saturated heterocycles. The van der Waals surface area contributed by atoms with Crippen molar-refractivity contribution in [2.45, 2.75) is 23.3 Å². The van der Waals surface area contributed by atoms with Crippen LogP contribution in [0.25, 0.3) is 22.3 Å². The lowest BCUT2D eigenvalue weighted by Gasteiger charge is -2.39. The summed E-state index contributed by atoms with van der Waals surface area (Å²) in [5, 5.41) is 40.3. The zero-order chi connectivity index (χ0) is 57.0.